The second-order valence-electron chi connectivity index (χ2n) is 5.70. The smallest absolute Gasteiger partial charge is 0.309 e. The van der Waals surface area contributed by atoms with Crippen molar-refractivity contribution < 1.29 is 9.53 Å². The first kappa shape index (κ1) is 12.9. The third-order valence-electron chi connectivity index (χ3n) is 4.44. The number of carbonyl (C=O) groups excluding carboxylic acids is 1. The quantitative estimate of drug-likeness (QED) is 0.770. The van der Waals surface area contributed by atoms with Crippen molar-refractivity contribution in [2.24, 2.45) is 17.6 Å². The zero-order valence-corrected chi connectivity index (χ0v) is 10.9. The van der Waals surface area contributed by atoms with E-state index in [1.54, 1.807) is 0 Å². The summed E-state index contributed by atoms with van der Waals surface area (Å²) < 4.78 is 5.73. The molecule has 0 aliphatic heterocycles. The lowest BCUT2D eigenvalue weighted by molar-refractivity contribution is -0.158. The van der Waals surface area contributed by atoms with Gasteiger partial charge in [0.2, 0.25) is 0 Å². The van der Waals surface area contributed by atoms with Gasteiger partial charge in [0.05, 0.1) is 5.92 Å². The lowest BCUT2D eigenvalue weighted by atomic mass is 9.84. The van der Waals surface area contributed by atoms with Gasteiger partial charge in [0.25, 0.3) is 0 Å². The van der Waals surface area contributed by atoms with E-state index in [9.17, 15) is 4.79 Å². The van der Waals surface area contributed by atoms with Gasteiger partial charge < -0.3 is 10.5 Å². The van der Waals surface area contributed by atoms with E-state index in [-0.39, 0.29) is 24.0 Å². The van der Waals surface area contributed by atoms with E-state index in [1.807, 2.05) is 0 Å². The van der Waals surface area contributed by atoms with Gasteiger partial charge >= 0.3 is 5.97 Å². The molecular formula is C14H25NO2. The molecule has 2 saturated carbocycles. The third kappa shape index (κ3) is 3.21. The Hall–Kier alpha value is -0.570. The lowest BCUT2D eigenvalue weighted by Gasteiger charge is -2.31. The summed E-state index contributed by atoms with van der Waals surface area (Å²) in [5, 5.41) is 0. The number of nitrogens with two attached hydrogens (primary N) is 1. The molecule has 2 unspecified atom stereocenters. The van der Waals surface area contributed by atoms with Gasteiger partial charge in [0.1, 0.15) is 6.10 Å². The molecule has 98 valence electrons. The minimum atomic E-state index is 0.0169. The highest BCUT2D eigenvalue weighted by Gasteiger charge is 2.33. The number of ether oxygens (including phenoxy) is 1. The van der Waals surface area contributed by atoms with E-state index in [1.165, 1.54) is 19.3 Å². The summed E-state index contributed by atoms with van der Waals surface area (Å²) in [5.41, 5.74) is 5.84. The SMILES string of the molecule is CCC1CCCCC1OC(=O)[C@@H]1CC[C@H](N)C1. The van der Waals surface area contributed by atoms with Crippen LogP contribution in [0.15, 0.2) is 0 Å². The predicted octanol–water partition coefficient (Wildman–Crippen LogP) is 2.63. The van der Waals surface area contributed by atoms with Crippen LogP contribution in [-0.2, 0) is 9.53 Å². The fraction of sp³-hybridized carbons (Fsp3) is 0.929. The molecule has 2 N–H and O–H groups in total. The van der Waals surface area contributed by atoms with Crippen molar-refractivity contribution in [3.63, 3.8) is 0 Å². The summed E-state index contributed by atoms with van der Waals surface area (Å²) in [5.74, 6) is 0.676. The van der Waals surface area contributed by atoms with Crippen LogP contribution >= 0.6 is 0 Å². The Morgan fingerprint density at radius 2 is 2.00 bits per heavy atom. The number of carbonyl (C=O) groups is 1. The Morgan fingerprint density at radius 3 is 2.65 bits per heavy atom. The van der Waals surface area contributed by atoms with Crippen LogP contribution in [0, 0.1) is 11.8 Å². The van der Waals surface area contributed by atoms with Gasteiger partial charge in [-0.3, -0.25) is 4.79 Å². The van der Waals surface area contributed by atoms with Crippen LogP contribution in [0.3, 0.4) is 0 Å². The van der Waals surface area contributed by atoms with E-state index in [0.29, 0.717) is 5.92 Å². The van der Waals surface area contributed by atoms with Crippen LogP contribution in [0.2, 0.25) is 0 Å². The van der Waals surface area contributed by atoms with Gasteiger partial charge in [-0.25, -0.2) is 0 Å². The molecule has 0 aromatic carbocycles. The minimum Gasteiger partial charge on any atom is -0.462 e. The summed E-state index contributed by atoms with van der Waals surface area (Å²) >= 11 is 0. The average Bonchev–Trinajstić information content (AvgIpc) is 2.77. The van der Waals surface area contributed by atoms with Crippen molar-refractivity contribution in [1.29, 1.82) is 0 Å². The normalized spacial score (nSPS) is 38.0. The average molecular weight is 239 g/mol. The zero-order valence-electron chi connectivity index (χ0n) is 10.9. The number of hydrogen-bond acceptors (Lipinski definition) is 3. The molecule has 2 rings (SSSR count). The van der Waals surface area contributed by atoms with E-state index < -0.39 is 0 Å². The van der Waals surface area contributed by atoms with Crippen molar-refractivity contribution >= 4 is 5.97 Å². The molecule has 2 aliphatic rings. The second kappa shape index (κ2) is 5.85. The molecule has 0 radical (unpaired) electrons. The molecule has 17 heavy (non-hydrogen) atoms. The first-order valence-corrected chi connectivity index (χ1v) is 7.16. The highest BCUT2D eigenvalue weighted by atomic mass is 16.5. The molecule has 0 aromatic heterocycles. The molecule has 2 aliphatic carbocycles. The summed E-state index contributed by atoms with van der Waals surface area (Å²) in [6, 6.07) is 0.209. The maximum absolute atomic E-state index is 12.0. The molecule has 0 aromatic rings. The molecule has 4 atom stereocenters. The van der Waals surface area contributed by atoms with Crippen LogP contribution in [0.5, 0.6) is 0 Å². The van der Waals surface area contributed by atoms with Gasteiger partial charge in [-0.1, -0.05) is 13.3 Å². The van der Waals surface area contributed by atoms with Gasteiger partial charge in [-0.2, -0.15) is 0 Å². The molecule has 0 bridgehead atoms. The molecule has 3 nitrogen and oxygen atoms in total. The largest absolute Gasteiger partial charge is 0.462 e. The van der Waals surface area contributed by atoms with Crippen LogP contribution in [-0.4, -0.2) is 18.1 Å². The maximum atomic E-state index is 12.0. The van der Waals surface area contributed by atoms with E-state index in [2.05, 4.69) is 6.92 Å². The Balaban J connectivity index is 1.84. The standard InChI is InChI=1S/C14H25NO2/c1-2-10-5-3-4-6-13(10)17-14(16)11-7-8-12(15)9-11/h10-13H,2-9,15H2,1H3/t10?,11-,12+,13?/m1/s1. The summed E-state index contributed by atoms with van der Waals surface area (Å²) in [6.07, 6.45) is 8.80. The van der Waals surface area contributed by atoms with Gasteiger partial charge in [0, 0.05) is 6.04 Å². The Bertz CT molecular complexity index is 267. The number of rotatable bonds is 3. The first-order chi connectivity index (χ1) is 8.20. The molecular weight excluding hydrogens is 214 g/mol. The minimum absolute atomic E-state index is 0.0169. The Kier molecular flexibility index (Phi) is 4.43. The van der Waals surface area contributed by atoms with Crippen molar-refractivity contribution in [3.05, 3.63) is 0 Å². The highest BCUT2D eigenvalue weighted by Crippen LogP contribution is 2.32. The Labute approximate surface area is 104 Å². The van der Waals surface area contributed by atoms with E-state index in [4.69, 9.17) is 10.5 Å². The fourth-order valence-electron chi connectivity index (χ4n) is 3.27. The molecule has 2 fully saturated rings. The summed E-state index contributed by atoms with van der Waals surface area (Å²) in [4.78, 5) is 12.0. The molecule has 0 saturated heterocycles. The first-order valence-electron chi connectivity index (χ1n) is 7.16. The van der Waals surface area contributed by atoms with Crippen molar-refractivity contribution in [3.8, 4) is 0 Å². The van der Waals surface area contributed by atoms with Crippen LogP contribution in [0.25, 0.3) is 0 Å². The number of esters is 1. The summed E-state index contributed by atoms with van der Waals surface area (Å²) in [6.45, 7) is 2.20. The van der Waals surface area contributed by atoms with Crippen molar-refractivity contribution in [2.75, 3.05) is 0 Å². The molecule has 3 heteroatoms. The van der Waals surface area contributed by atoms with Crippen LogP contribution in [0.1, 0.15) is 58.3 Å². The van der Waals surface area contributed by atoms with Gasteiger partial charge in [0.15, 0.2) is 0 Å². The second-order valence-corrected chi connectivity index (χ2v) is 5.70. The van der Waals surface area contributed by atoms with Crippen molar-refractivity contribution in [1.82, 2.24) is 0 Å². The maximum Gasteiger partial charge on any atom is 0.309 e. The highest BCUT2D eigenvalue weighted by molar-refractivity contribution is 5.73. The summed E-state index contributed by atoms with van der Waals surface area (Å²) in [7, 11) is 0. The van der Waals surface area contributed by atoms with Gasteiger partial charge in [-0.15, -0.1) is 0 Å². The third-order valence-corrected chi connectivity index (χ3v) is 4.44. The van der Waals surface area contributed by atoms with Crippen molar-refractivity contribution in [2.45, 2.75) is 70.4 Å². The fourth-order valence-corrected chi connectivity index (χ4v) is 3.27. The van der Waals surface area contributed by atoms with E-state index in [0.717, 1.165) is 32.1 Å². The van der Waals surface area contributed by atoms with Crippen LogP contribution in [0.4, 0.5) is 0 Å². The molecule has 0 heterocycles. The predicted molar refractivity (Wildman–Crippen MR) is 67.4 cm³/mol. The lowest BCUT2D eigenvalue weighted by Crippen LogP contribution is -2.32. The Morgan fingerprint density at radius 1 is 1.24 bits per heavy atom. The zero-order chi connectivity index (χ0) is 12.3. The molecule has 0 spiro atoms. The van der Waals surface area contributed by atoms with Gasteiger partial charge in [-0.05, 0) is 50.9 Å². The van der Waals surface area contributed by atoms with Crippen LogP contribution < -0.4 is 5.73 Å². The van der Waals surface area contributed by atoms with E-state index >= 15 is 0 Å². The molecule has 0 amide bonds. The monoisotopic (exact) mass is 239 g/mol. The number of hydrogen-bond donors (Lipinski definition) is 1. The topological polar surface area (TPSA) is 52.3 Å².